The summed E-state index contributed by atoms with van der Waals surface area (Å²) in [5.74, 6) is -1.59. The van der Waals surface area contributed by atoms with Gasteiger partial charge >= 0.3 is 6.09 Å². The fourth-order valence-electron chi connectivity index (χ4n) is 2.93. The van der Waals surface area contributed by atoms with E-state index in [0.717, 1.165) is 24.1 Å². The van der Waals surface area contributed by atoms with Crippen LogP contribution in [0.4, 0.5) is 13.6 Å². The van der Waals surface area contributed by atoms with E-state index in [0.29, 0.717) is 19.6 Å². The van der Waals surface area contributed by atoms with E-state index in [1.807, 2.05) is 6.92 Å². The first-order chi connectivity index (χ1) is 13.1. The second kappa shape index (κ2) is 8.85. The highest BCUT2D eigenvalue weighted by atomic mass is 19.1. The normalized spacial score (nSPS) is 17.0. The van der Waals surface area contributed by atoms with Crippen molar-refractivity contribution < 1.29 is 27.5 Å². The van der Waals surface area contributed by atoms with Crippen molar-refractivity contribution in [3.05, 3.63) is 53.5 Å². The Labute approximate surface area is 156 Å². The lowest BCUT2D eigenvalue weighted by Crippen LogP contribution is -2.53. The summed E-state index contributed by atoms with van der Waals surface area (Å²) in [5.41, 5.74) is 0.442. The number of hydrogen-bond donors (Lipinski definition) is 1. The average molecular weight is 380 g/mol. The van der Waals surface area contributed by atoms with Gasteiger partial charge in [0.1, 0.15) is 30.6 Å². The molecule has 1 saturated heterocycles. The van der Waals surface area contributed by atoms with Crippen LogP contribution < -0.4 is 10.1 Å². The van der Waals surface area contributed by atoms with Crippen LogP contribution >= 0.6 is 0 Å². The van der Waals surface area contributed by atoms with Crippen LogP contribution in [0.5, 0.6) is 5.75 Å². The fraction of sp³-hybridized carbons (Fsp3) is 0.421. The van der Waals surface area contributed by atoms with Gasteiger partial charge < -0.3 is 24.1 Å². The highest BCUT2D eigenvalue weighted by molar-refractivity contribution is 5.68. The molecular weight excluding hydrogens is 358 g/mol. The van der Waals surface area contributed by atoms with E-state index in [1.54, 1.807) is 11.0 Å². The van der Waals surface area contributed by atoms with Gasteiger partial charge in [-0.2, -0.15) is 0 Å². The average Bonchev–Trinajstić information content (AvgIpc) is 3.19. The van der Waals surface area contributed by atoms with E-state index in [2.05, 4.69) is 5.32 Å². The third-order valence-corrected chi connectivity index (χ3v) is 4.50. The molecule has 1 aromatic heterocycles. The predicted molar refractivity (Wildman–Crippen MR) is 93.2 cm³/mol. The highest BCUT2D eigenvalue weighted by Gasteiger charge is 2.27. The number of carbonyl (C=O) groups excluding carboxylic acids is 1. The molecule has 27 heavy (non-hydrogen) atoms. The van der Waals surface area contributed by atoms with Crippen LogP contribution in [0.2, 0.25) is 0 Å². The summed E-state index contributed by atoms with van der Waals surface area (Å²) in [7, 11) is 0. The van der Waals surface area contributed by atoms with Gasteiger partial charge in [-0.15, -0.1) is 0 Å². The lowest BCUT2D eigenvalue weighted by Gasteiger charge is -2.34. The van der Waals surface area contributed by atoms with E-state index in [-0.39, 0.29) is 24.0 Å². The Kier molecular flexibility index (Phi) is 6.28. The zero-order valence-corrected chi connectivity index (χ0v) is 15.0. The van der Waals surface area contributed by atoms with Gasteiger partial charge in [0.2, 0.25) is 0 Å². The van der Waals surface area contributed by atoms with Crippen molar-refractivity contribution in [2.24, 2.45) is 0 Å². The van der Waals surface area contributed by atoms with Crippen molar-refractivity contribution >= 4 is 6.09 Å². The molecule has 2 aromatic rings. The van der Waals surface area contributed by atoms with Gasteiger partial charge in [0.05, 0.1) is 18.1 Å². The van der Waals surface area contributed by atoms with Crippen LogP contribution in [-0.2, 0) is 18.0 Å². The van der Waals surface area contributed by atoms with Crippen LogP contribution in [0, 0.1) is 11.6 Å². The lowest BCUT2D eigenvalue weighted by atomic mass is 10.1. The van der Waals surface area contributed by atoms with E-state index in [4.69, 9.17) is 13.9 Å². The summed E-state index contributed by atoms with van der Waals surface area (Å²) in [6.07, 6.45) is 3.18. The Morgan fingerprint density at radius 2 is 2.11 bits per heavy atom. The van der Waals surface area contributed by atoms with Crippen molar-refractivity contribution in [2.75, 3.05) is 19.6 Å². The number of benzene rings is 1. The summed E-state index contributed by atoms with van der Waals surface area (Å²) < 4.78 is 43.9. The first-order valence-electron chi connectivity index (χ1n) is 8.84. The maximum Gasteiger partial charge on any atom is 0.410 e. The Morgan fingerprint density at radius 1 is 1.33 bits per heavy atom. The third kappa shape index (κ3) is 4.77. The van der Waals surface area contributed by atoms with Crippen LogP contribution in [0.15, 0.2) is 35.1 Å². The minimum atomic E-state index is -0.822. The summed E-state index contributed by atoms with van der Waals surface area (Å²) in [6, 6.07) is 3.86. The molecule has 146 valence electrons. The predicted octanol–water partition coefficient (Wildman–Crippen LogP) is 3.46. The fourth-order valence-corrected chi connectivity index (χ4v) is 2.93. The lowest BCUT2D eigenvalue weighted by molar-refractivity contribution is 0.0699. The van der Waals surface area contributed by atoms with E-state index >= 15 is 0 Å². The van der Waals surface area contributed by atoms with Gasteiger partial charge in [-0.05, 0) is 12.5 Å². The number of ether oxygens (including phenoxy) is 2. The summed E-state index contributed by atoms with van der Waals surface area (Å²) in [6.45, 7) is 3.47. The van der Waals surface area contributed by atoms with Crippen LogP contribution in [0.3, 0.4) is 0 Å². The van der Waals surface area contributed by atoms with Crippen molar-refractivity contribution in [3.63, 3.8) is 0 Å². The van der Waals surface area contributed by atoms with Gasteiger partial charge in [-0.25, -0.2) is 13.6 Å². The smallest absolute Gasteiger partial charge is 0.410 e. The van der Waals surface area contributed by atoms with Gasteiger partial charge in [0.25, 0.3) is 0 Å². The molecule has 1 atom stereocenters. The zero-order chi connectivity index (χ0) is 19.2. The molecule has 0 saturated carbocycles. The zero-order valence-electron chi connectivity index (χ0n) is 15.0. The number of hydrogen-bond acceptors (Lipinski definition) is 5. The summed E-state index contributed by atoms with van der Waals surface area (Å²) >= 11 is 0. The first-order valence-corrected chi connectivity index (χ1v) is 8.84. The van der Waals surface area contributed by atoms with Gasteiger partial charge in [0.15, 0.2) is 0 Å². The Bertz CT molecular complexity index is 744. The monoisotopic (exact) mass is 380 g/mol. The van der Waals surface area contributed by atoms with Crippen LogP contribution in [0.1, 0.15) is 24.5 Å². The van der Waals surface area contributed by atoms with Gasteiger partial charge in [-0.3, -0.25) is 0 Å². The molecule has 1 fully saturated rings. The minimum absolute atomic E-state index is 0.0136. The van der Waals surface area contributed by atoms with Crippen LogP contribution in [0.25, 0.3) is 0 Å². The Morgan fingerprint density at radius 3 is 2.78 bits per heavy atom. The van der Waals surface area contributed by atoms with Crippen LogP contribution in [-0.4, -0.2) is 36.7 Å². The molecule has 3 rings (SSSR count). The molecular formula is C19H22F2N2O4. The standard InChI is InChI=1S/C19H22F2N2O4/c1-2-14-9-22-4-5-23(14)19(24)27-12-16-17(20)7-15(8-18(16)21)26-11-13-3-6-25-10-13/h3,6-8,10,14,22H,2,4-5,9,11-12H2,1H3. The van der Waals surface area contributed by atoms with E-state index < -0.39 is 24.3 Å². The Balaban J connectivity index is 1.60. The molecule has 1 unspecified atom stereocenters. The number of furan rings is 1. The second-order valence-electron chi connectivity index (χ2n) is 6.30. The van der Waals surface area contributed by atoms with E-state index in [9.17, 15) is 13.6 Å². The maximum atomic E-state index is 14.3. The first kappa shape index (κ1) is 19.2. The SMILES string of the molecule is CCC1CNCCN1C(=O)OCc1c(F)cc(OCc2ccoc2)cc1F. The summed E-state index contributed by atoms with van der Waals surface area (Å²) in [5, 5.41) is 3.20. The molecule has 1 N–H and O–H groups in total. The largest absolute Gasteiger partial charge is 0.489 e. The molecule has 0 spiro atoms. The number of nitrogens with zero attached hydrogens (tertiary/aromatic N) is 1. The molecule has 1 amide bonds. The van der Waals surface area contributed by atoms with Gasteiger partial charge in [0, 0.05) is 43.4 Å². The molecule has 1 aliphatic rings. The molecule has 1 aromatic carbocycles. The molecule has 1 aliphatic heterocycles. The third-order valence-electron chi connectivity index (χ3n) is 4.50. The molecule has 2 heterocycles. The van der Waals surface area contributed by atoms with Crippen molar-refractivity contribution in [2.45, 2.75) is 32.6 Å². The van der Waals surface area contributed by atoms with Crippen molar-refractivity contribution in [3.8, 4) is 5.75 Å². The maximum absolute atomic E-state index is 14.3. The number of amides is 1. The quantitative estimate of drug-likeness (QED) is 0.832. The molecule has 0 aliphatic carbocycles. The van der Waals surface area contributed by atoms with Crippen molar-refractivity contribution in [1.29, 1.82) is 0 Å². The Hall–Kier alpha value is -2.61. The number of piperazine rings is 1. The summed E-state index contributed by atoms with van der Waals surface area (Å²) in [4.78, 5) is 13.9. The number of rotatable bonds is 6. The molecule has 0 radical (unpaired) electrons. The minimum Gasteiger partial charge on any atom is -0.489 e. The molecule has 0 bridgehead atoms. The second-order valence-corrected chi connectivity index (χ2v) is 6.30. The highest BCUT2D eigenvalue weighted by Crippen LogP contribution is 2.23. The molecule has 8 heteroatoms. The van der Waals surface area contributed by atoms with Crippen molar-refractivity contribution in [1.82, 2.24) is 10.2 Å². The number of halogens is 2. The number of nitrogens with one attached hydrogen (secondary N) is 1. The van der Waals surface area contributed by atoms with E-state index in [1.165, 1.54) is 12.5 Å². The topological polar surface area (TPSA) is 63.9 Å². The van der Waals surface area contributed by atoms with Gasteiger partial charge in [-0.1, -0.05) is 6.92 Å². The number of carbonyl (C=O) groups is 1. The molecule has 6 nitrogen and oxygen atoms in total.